The standard InChI is InChI=1S/C41H80O6.C18H36O2/c1-3-5-7-9-11-13-15-17-19-21-23-25-27-29-31-33-39(44)46-37-41(35-42,36-43)38-47-40(45)34-32-30-28-26-24-22-20-18-16-14-12-10-8-6-4-2;1-2-3-4-5-6-7-8-9-10-11-12-13-14-15-16-17-18(19)20/h42-43H,3-38H2,1-2H3;2-17H2,1H3,(H,19,20). The minimum absolute atomic E-state index is 0.149. The molecule has 67 heavy (non-hydrogen) atoms. The lowest BCUT2D eigenvalue weighted by Crippen LogP contribution is -2.41. The van der Waals surface area contributed by atoms with Crippen LogP contribution in [0, 0.1) is 5.41 Å². The number of esters is 2. The zero-order chi connectivity index (χ0) is 49.4. The van der Waals surface area contributed by atoms with Crippen LogP contribution in [0.5, 0.6) is 0 Å². The van der Waals surface area contributed by atoms with Crippen LogP contribution < -0.4 is 0 Å². The molecule has 8 heteroatoms. The van der Waals surface area contributed by atoms with E-state index in [2.05, 4.69) is 20.8 Å². The number of carboxylic acid groups (broad SMARTS) is 1. The number of carboxylic acids is 1. The molecule has 0 unspecified atom stereocenters. The zero-order valence-electron chi connectivity index (χ0n) is 45.2. The van der Waals surface area contributed by atoms with Crippen molar-refractivity contribution < 1.29 is 39.2 Å². The fourth-order valence-corrected chi connectivity index (χ4v) is 8.81. The highest BCUT2D eigenvalue weighted by Gasteiger charge is 2.33. The highest BCUT2D eigenvalue weighted by molar-refractivity contribution is 5.70. The van der Waals surface area contributed by atoms with Crippen LogP contribution in [0.15, 0.2) is 0 Å². The largest absolute Gasteiger partial charge is 0.481 e. The fraction of sp³-hybridized carbons (Fsp3) is 0.949. The molecular formula is C59H116O8. The summed E-state index contributed by atoms with van der Waals surface area (Å²) in [5, 5.41) is 28.3. The van der Waals surface area contributed by atoms with Gasteiger partial charge in [-0.1, -0.05) is 290 Å². The van der Waals surface area contributed by atoms with E-state index in [-0.39, 0.29) is 25.2 Å². The Kier molecular flexibility index (Phi) is 57.3. The van der Waals surface area contributed by atoms with E-state index in [1.165, 1.54) is 238 Å². The van der Waals surface area contributed by atoms with Gasteiger partial charge in [-0.05, 0) is 19.3 Å². The second-order valence-electron chi connectivity index (χ2n) is 20.6. The molecule has 0 bridgehead atoms. The Hall–Kier alpha value is -1.67. The van der Waals surface area contributed by atoms with Gasteiger partial charge in [0.1, 0.15) is 13.2 Å². The second kappa shape index (κ2) is 56.9. The minimum atomic E-state index is -1.16. The summed E-state index contributed by atoms with van der Waals surface area (Å²) in [6.07, 6.45) is 59.1. The van der Waals surface area contributed by atoms with Crippen molar-refractivity contribution in [2.24, 2.45) is 5.41 Å². The van der Waals surface area contributed by atoms with E-state index in [0.717, 1.165) is 51.4 Å². The van der Waals surface area contributed by atoms with Crippen molar-refractivity contribution in [3.8, 4) is 0 Å². The van der Waals surface area contributed by atoms with E-state index < -0.39 is 24.6 Å². The third-order valence-electron chi connectivity index (χ3n) is 13.7. The molecule has 0 heterocycles. The van der Waals surface area contributed by atoms with Crippen LogP contribution in [0.2, 0.25) is 0 Å². The summed E-state index contributed by atoms with van der Waals surface area (Å²) in [5.74, 6) is -1.30. The molecule has 0 aromatic heterocycles. The van der Waals surface area contributed by atoms with E-state index >= 15 is 0 Å². The summed E-state index contributed by atoms with van der Waals surface area (Å²) in [4.78, 5) is 34.9. The maximum atomic E-state index is 12.3. The predicted molar refractivity (Wildman–Crippen MR) is 285 cm³/mol. The number of carbonyl (C=O) groups excluding carboxylic acids is 2. The van der Waals surface area contributed by atoms with Crippen molar-refractivity contribution in [3.63, 3.8) is 0 Å². The SMILES string of the molecule is CCCCCCCCCCCCCCCCCC(=O)O.CCCCCCCCCCCCCCCCCC(=O)OCC(CO)(CO)COC(=O)CCCCCCCCCCCCCCCCC. The molecule has 0 amide bonds. The first kappa shape index (κ1) is 67.4. The fourth-order valence-electron chi connectivity index (χ4n) is 8.81. The van der Waals surface area contributed by atoms with E-state index in [1.54, 1.807) is 0 Å². The minimum Gasteiger partial charge on any atom is -0.481 e. The molecule has 0 spiro atoms. The Morgan fingerprint density at radius 2 is 0.478 bits per heavy atom. The summed E-state index contributed by atoms with van der Waals surface area (Å²) >= 11 is 0. The molecule has 0 rings (SSSR count). The van der Waals surface area contributed by atoms with Gasteiger partial charge in [-0.3, -0.25) is 14.4 Å². The van der Waals surface area contributed by atoms with Gasteiger partial charge >= 0.3 is 17.9 Å². The highest BCUT2D eigenvalue weighted by atomic mass is 16.5. The average Bonchev–Trinajstić information content (AvgIpc) is 3.33. The van der Waals surface area contributed by atoms with E-state index in [9.17, 15) is 24.6 Å². The number of hydrogen-bond acceptors (Lipinski definition) is 7. The maximum absolute atomic E-state index is 12.3. The smallest absolute Gasteiger partial charge is 0.305 e. The molecule has 3 N–H and O–H groups in total. The van der Waals surface area contributed by atoms with Crippen molar-refractivity contribution in [3.05, 3.63) is 0 Å². The van der Waals surface area contributed by atoms with Gasteiger partial charge in [-0.2, -0.15) is 0 Å². The Morgan fingerprint density at radius 3 is 0.657 bits per heavy atom. The van der Waals surface area contributed by atoms with Crippen LogP contribution in [-0.4, -0.2) is 59.7 Å². The molecule has 8 nitrogen and oxygen atoms in total. The number of carbonyl (C=O) groups is 3. The van der Waals surface area contributed by atoms with Crippen LogP contribution in [0.3, 0.4) is 0 Å². The summed E-state index contributed by atoms with van der Waals surface area (Å²) in [7, 11) is 0. The summed E-state index contributed by atoms with van der Waals surface area (Å²) in [6.45, 7) is 5.67. The lowest BCUT2D eigenvalue weighted by atomic mass is 9.92. The second-order valence-corrected chi connectivity index (χ2v) is 20.6. The lowest BCUT2D eigenvalue weighted by molar-refractivity contribution is -0.159. The van der Waals surface area contributed by atoms with E-state index in [0.29, 0.717) is 19.3 Å². The van der Waals surface area contributed by atoms with Crippen molar-refractivity contribution >= 4 is 17.9 Å². The van der Waals surface area contributed by atoms with Gasteiger partial charge < -0.3 is 24.8 Å². The number of hydrogen-bond donors (Lipinski definition) is 3. The first-order valence-electron chi connectivity index (χ1n) is 29.6. The van der Waals surface area contributed by atoms with Gasteiger partial charge in [0.15, 0.2) is 0 Å². The maximum Gasteiger partial charge on any atom is 0.305 e. The third-order valence-corrected chi connectivity index (χ3v) is 13.7. The molecule has 0 aromatic carbocycles. The lowest BCUT2D eigenvalue weighted by Gasteiger charge is -2.28. The van der Waals surface area contributed by atoms with Crippen molar-refractivity contribution in [1.82, 2.24) is 0 Å². The van der Waals surface area contributed by atoms with E-state index in [1.807, 2.05) is 0 Å². The van der Waals surface area contributed by atoms with Gasteiger partial charge in [0.2, 0.25) is 0 Å². The summed E-state index contributed by atoms with van der Waals surface area (Å²) in [6, 6.07) is 0. The third kappa shape index (κ3) is 55.1. The molecule has 0 aromatic rings. The number of aliphatic hydroxyl groups is 2. The van der Waals surface area contributed by atoms with Crippen molar-refractivity contribution in [1.29, 1.82) is 0 Å². The Balaban J connectivity index is 0. The first-order chi connectivity index (χ1) is 32.8. The molecule has 0 saturated heterocycles. The van der Waals surface area contributed by atoms with Gasteiger partial charge in [0.25, 0.3) is 0 Å². The number of aliphatic carboxylic acids is 1. The number of ether oxygens (including phenoxy) is 2. The molecule has 0 saturated carbocycles. The quantitative estimate of drug-likeness (QED) is 0.0406. The highest BCUT2D eigenvalue weighted by Crippen LogP contribution is 2.20. The topological polar surface area (TPSA) is 130 Å². The molecule has 0 aliphatic rings. The Labute approximate surface area is 416 Å². The van der Waals surface area contributed by atoms with Gasteiger partial charge in [-0.25, -0.2) is 0 Å². The number of unbranched alkanes of at least 4 members (excludes halogenated alkanes) is 42. The van der Waals surface area contributed by atoms with E-state index in [4.69, 9.17) is 14.6 Å². The van der Waals surface area contributed by atoms with Crippen LogP contribution >= 0.6 is 0 Å². The first-order valence-corrected chi connectivity index (χ1v) is 29.6. The zero-order valence-corrected chi connectivity index (χ0v) is 45.2. The number of aliphatic hydroxyl groups excluding tert-OH is 2. The monoisotopic (exact) mass is 953 g/mol. The summed E-state index contributed by atoms with van der Waals surface area (Å²) < 4.78 is 10.8. The molecule has 400 valence electrons. The molecule has 0 aliphatic carbocycles. The Morgan fingerprint density at radius 1 is 0.299 bits per heavy atom. The average molecular weight is 954 g/mol. The van der Waals surface area contributed by atoms with Crippen molar-refractivity contribution in [2.45, 2.75) is 329 Å². The van der Waals surface area contributed by atoms with Crippen LogP contribution in [0.25, 0.3) is 0 Å². The van der Waals surface area contributed by atoms with Gasteiger partial charge in [-0.15, -0.1) is 0 Å². The molecule has 0 aliphatic heterocycles. The normalized spacial score (nSPS) is 11.4. The number of rotatable bonds is 54. The predicted octanol–water partition coefficient (Wildman–Crippen LogP) is 17.9. The van der Waals surface area contributed by atoms with Gasteiger partial charge in [0, 0.05) is 19.3 Å². The Bertz CT molecular complexity index is 946. The molecule has 0 fully saturated rings. The molecule has 0 atom stereocenters. The van der Waals surface area contributed by atoms with Crippen LogP contribution in [-0.2, 0) is 23.9 Å². The summed E-state index contributed by atoms with van der Waals surface area (Å²) in [5.41, 5.74) is -1.16. The van der Waals surface area contributed by atoms with Gasteiger partial charge in [0.05, 0.1) is 18.6 Å². The molecule has 0 radical (unpaired) electrons. The molecular weight excluding hydrogens is 837 g/mol. The van der Waals surface area contributed by atoms with Crippen LogP contribution in [0.1, 0.15) is 329 Å². The van der Waals surface area contributed by atoms with Crippen LogP contribution in [0.4, 0.5) is 0 Å². The van der Waals surface area contributed by atoms with Crippen molar-refractivity contribution in [2.75, 3.05) is 26.4 Å².